The number of nitrogens with zero attached hydrogens (tertiary/aromatic N) is 1. The third-order valence-corrected chi connectivity index (χ3v) is 5.43. The van der Waals surface area contributed by atoms with E-state index in [1.54, 1.807) is 23.1 Å². The topological polar surface area (TPSA) is 32.3 Å². The van der Waals surface area contributed by atoms with Gasteiger partial charge in [-0.25, -0.2) is 0 Å². The Morgan fingerprint density at radius 3 is 2.31 bits per heavy atom. The zero-order valence-electron chi connectivity index (χ0n) is 17.6. The maximum Gasteiger partial charge on any atom is 0.390 e. The number of anilines is 2. The van der Waals surface area contributed by atoms with Crippen LogP contribution in [0.15, 0.2) is 77.3 Å². The number of benzene rings is 3. The lowest BCUT2D eigenvalue weighted by Gasteiger charge is -2.28. The molecular formula is C25H24BrF3N2O. The van der Waals surface area contributed by atoms with Crippen LogP contribution in [0.25, 0.3) is 0 Å². The number of hydrogen-bond acceptors (Lipinski definition) is 2. The molecule has 1 N–H and O–H groups in total. The largest absolute Gasteiger partial charge is 0.390 e. The third kappa shape index (κ3) is 7.41. The normalized spacial score (nSPS) is 11.3. The second-order valence-electron chi connectivity index (χ2n) is 7.64. The minimum atomic E-state index is -4.28. The fraction of sp³-hybridized carbons (Fsp3) is 0.240. The summed E-state index contributed by atoms with van der Waals surface area (Å²) in [7, 11) is 0. The quantitative estimate of drug-likeness (QED) is 0.361. The fourth-order valence-corrected chi connectivity index (χ4v) is 3.68. The smallest absolute Gasteiger partial charge is 0.365 e. The lowest BCUT2D eigenvalue weighted by molar-refractivity contribution is -0.132. The van der Waals surface area contributed by atoms with Crippen molar-refractivity contribution in [3.05, 3.63) is 94.0 Å². The van der Waals surface area contributed by atoms with Crippen molar-refractivity contribution in [3.63, 3.8) is 0 Å². The van der Waals surface area contributed by atoms with Crippen LogP contribution in [0.4, 0.5) is 24.5 Å². The molecule has 3 aromatic carbocycles. The summed E-state index contributed by atoms with van der Waals surface area (Å²) in [6, 6.07) is 22.2. The van der Waals surface area contributed by atoms with Gasteiger partial charge in [-0.15, -0.1) is 0 Å². The Kier molecular flexibility index (Phi) is 7.96. The Bertz CT molecular complexity index is 1040. The Morgan fingerprint density at radius 2 is 1.66 bits per heavy atom. The minimum absolute atomic E-state index is 0.174. The molecule has 3 rings (SSSR count). The maximum absolute atomic E-state index is 13.0. The number of rotatable bonds is 8. The predicted molar refractivity (Wildman–Crippen MR) is 126 cm³/mol. The van der Waals surface area contributed by atoms with Crippen molar-refractivity contribution in [2.75, 3.05) is 16.8 Å². The number of nitrogens with one attached hydrogen (secondary N) is 1. The molecule has 0 saturated carbocycles. The SMILES string of the molecule is Cc1ccc(CC(=O)Nc2cc(Br)ccc2N(CCC(F)(F)F)Cc2ccccc2)cc1. The Morgan fingerprint density at radius 1 is 0.969 bits per heavy atom. The molecule has 3 aromatic rings. The highest BCUT2D eigenvalue weighted by molar-refractivity contribution is 9.10. The molecule has 0 radical (unpaired) electrons. The van der Waals surface area contributed by atoms with Crippen molar-refractivity contribution < 1.29 is 18.0 Å². The molecule has 0 aliphatic carbocycles. The summed E-state index contributed by atoms with van der Waals surface area (Å²) in [6.07, 6.45) is -5.06. The van der Waals surface area contributed by atoms with Crippen molar-refractivity contribution >= 4 is 33.2 Å². The van der Waals surface area contributed by atoms with Crippen LogP contribution in [0, 0.1) is 6.92 Å². The minimum Gasteiger partial charge on any atom is -0.365 e. The summed E-state index contributed by atoms with van der Waals surface area (Å²) in [4.78, 5) is 14.4. The van der Waals surface area contributed by atoms with Crippen molar-refractivity contribution in [1.29, 1.82) is 0 Å². The van der Waals surface area contributed by atoms with E-state index in [-0.39, 0.29) is 18.9 Å². The van der Waals surface area contributed by atoms with Gasteiger partial charge in [-0.1, -0.05) is 76.1 Å². The van der Waals surface area contributed by atoms with Crippen molar-refractivity contribution in [2.24, 2.45) is 0 Å². The van der Waals surface area contributed by atoms with Crippen LogP contribution in [0.3, 0.4) is 0 Å². The second kappa shape index (κ2) is 10.7. The monoisotopic (exact) mass is 504 g/mol. The summed E-state index contributed by atoms with van der Waals surface area (Å²) >= 11 is 3.40. The molecular weight excluding hydrogens is 481 g/mol. The van der Waals surface area contributed by atoms with Gasteiger partial charge in [0.1, 0.15) is 0 Å². The van der Waals surface area contributed by atoms with E-state index >= 15 is 0 Å². The van der Waals surface area contributed by atoms with Crippen LogP contribution < -0.4 is 10.2 Å². The zero-order valence-corrected chi connectivity index (χ0v) is 19.2. The lowest BCUT2D eigenvalue weighted by Crippen LogP contribution is -2.29. The van der Waals surface area contributed by atoms with Gasteiger partial charge < -0.3 is 10.2 Å². The number of carbonyl (C=O) groups excluding carboxylic acids is 1. The number of alkyl halides is 3. The molecule has 0 spiro atoms. The molecule has 0 aromatic heterocycles. The Balaban J connectivity index is 1.85. The van der Waals surface area contributed by atoms with Crippen LogP contribution >= 0.6 is 15.9 Å². The molecule has 0 saturated heterocycles. The summed E-state index contributed by atoms with van der Waals surface area (Å²) in [6.45, 7) is 2.04. The molecule has 0 unspecified atom stereocenters. The van der Waals surface area contributed by atoms with Gasteiger partial charge >= 0.3 is 6.18 Å². The van der Waals surface area contributed by atoms with Crippen molar-refractivity contribution in [1.82, 2.24) is 0 Å². The average Bonchev–Trinajstić information content (AvgIpc) is 2.73. The molecule has 0 fully saturated rings. The van der Waals surface area contributed by atoms with Gasteiger partial charge in [-0.3, -0.25) is 4.79 Å². The molecule has 0 aliphatic heterocycles. The first kappa shape index (κ1) is 23.9. The molecule has 0 atom stereocenters. The molecule has 3 nitrogen and oxygen atoms in total. The zero-order chi connectivity index (χ0) is 23.1. The van der Waals surface area contributed by atoms with Gasteiger partial charge in [0.05, 0.1) is 24.2 Å². The van der Waals surface area contributed by atoms with Gasteiger partial charge in [-0.05, 0) is 36.2 Å². The van der Waals surface area contributed by atoms with E-state index in [4.69, 9.17) is 0 Å². The van der Waals surface area contributed by atoms with Gasteiger partial charge in [0.2, 0.25) is 5.91 Å². The summed E-state index contributed by atoms with van der Waals surface area (Å²) in [5, 5.41) is 2.89. The number of aryl methyl sites for hydroxylation is 1. The summed E-state index contributed by atoms with van der Waals surface area (Å²) in [5.74, 6) is -0.233. The van der Waals surface area contributed by atoms with Crippen LogP contribution in [-0.2, 0) is 17.8 Å². The predicted octanol–water partition coefficient (Wildman–Crippen LogP) is 6.90. The first-order valence-corrected chi connectivity index (χ1v) is 11.0. The Labute approximate surface area is 194 Å². The third-order valence-electron chi connectivity index (χ3n) is 4.94. The van der Waals surface area contributed by atoms with E-state index in [1.807, 2.05) is 61.5 Å². The van der Waals surface area contributed by atoms with E-state index in [2.05, 4.69) is 21.2 Å². The van der Waals surface area contributed by atoms with E-state index in [1.165, 1.54) is 0 Å². The number of hydrogen-bond donors (Lipinski definition) is 1. The molecule has 1 amide bonds. The lowest BCUT2D eigenvalue weighted by atomic mass is 10.1. The first-order valence-electron chi connectivity index (χ1n) is 10.2. The van der Waals surface area contributed by atoms with Gasteiger partial charge in [0, 0.05) is 17.6 Å². The highest BCUT2D eigenvalue weighted by atomic mass is 79.9. The Hall–Kier alpha value is -2.80. The highest BCUT2D eigenvalue weighted by Crippen LogP contribution is 2.32. The number of carbonyl (C=O) groups is 1. The summed E-state index contributed by atoms with van der Waals surface area (Å²) in [5.41, 5.74) is 3.86. The van der Waals surface area contributed by atoms with Gasteiger partial charge in [0.25, 0.3) is 0 Å². The molecule has 0 heterocycles. The van der Waals surface area contributed by atoms with Crippen LogP contribution in [-0.4, -0.2) is 18.6 Å². The molecule has 32 heavy (non-hydrogen) atoms. The first-order chi connectivity index (χ1) is 15.2. The highest BCUT2D eigenvalue weighted by Gasteiger charge is 2.28. The summed E-state index contributed by atoms with van der Waals surface area (Å²) < 4.78 is 39.8. The van der Waals surface area contributed by atoms with Gasteiger partial charge in [0.15, 0.2) is 0 Å². The van der Waals surface area contributed by atoms with E-state index in [0.717, 1.165) is 21.2 Å². The van der Waals surface area contributed by atoms with Crippen molar-refractivity contribution in [3.8, 4) is 0 Å². The number of halogens is 4. The number of amides is 1. The molecule has 168 valence electrons. The van der Waals surface area contributed by atoms with E-state index in [9.17, 15) is 18.0 Å². The standard InChI is InChI=1S/C25H24BrF3N2O/c1-18-7-9-19(10-8-18)15-24(32)30-22-16-21(26)11-12-23(22)31(14-13-25(27,28)29)17-20-5-3-2-4-6-20/h2-12,16H,13-15,17H2,1H3,(H,30,32). The van der Waals surface area contributed by atoms with Crippen molar-refractivity contribution in [2.45, 2.75) is 32.5 Å². The van der Waals surface area contributed by atoms with E-state index < -0.39 is 12.6 Å². The second-order valence-corrected chi connectivity index (χ2v) is 8.56. The maximum atomic E-state index is 13.0. The molecule has 0 bridgehead atoms. The van der Waals surface area contributed by atoms with E-state index in [0.29, 0.717) is 17.9 Å². The van der Waals surface area contributed by atoms with Crippen LogP contribution in [0.2, 0.25) is 0 Å². The van der Waals surface area contributed by atoms with Crippen LogP contribution in [0.5, 0.6) is 0 Å². The fourth-order valence-electron chi connectivity index (χ4n) is 3.32. The average molecular weight is 505 g/mol. The molecule has 7 heteroatoms. The molecule has 0 aliphatic rings. The van der Waals surface area contributed by atoms with Gasteiger partial charge in [-0.2, -0.15) is 13.2 Å². The van der Waals surface area contributed by atoms with Crippen LogP contribution in [0.1, 0.15) is 23.1 Å².